The van der Waals surface area contributed by atoms with Crippen molar-refractivity contribution in [1.29, 1.82) is 5.26 Å². The molecule has 0 saturated carbocycles. The molecule has 144 valence electrons. The topological polar surface area (TPSA) is 50.1 Å². The van der Waals surface area contributed by atoms with E-state index in [9.17, 15) is 9.18 Å². The number of benzene rings is 1. The number of nitriles is 1. The van der Waals surface area contributed by atoms with Crippen molar-refractivity contribution < 1.29 is 13.9 Å². The van der Waals surface area contributed by atoms with E-state index in [0.29, 0.717) is 11.8 Å². The molecule has 1 atom stereocenters. The Morgan fingerprint density at radius 2 is 2.04 bits per heavy atom. The molecule has 0 aliphatic heterocycles. The van der Waals surface area contributed by atoms with Crippen molar-refractivity contribution in [2.45, 2.75) is 47.0 Å². The largest absolute Gasteiger partial charge is 0.423 e. The van der Waals surface area contributed by atoms with Crippen molar-refractivity contribution in [2.24, 2.45) is 11.8 Å². The lowest BCUT2D eigenvalue weighted by Gasteiger charge is -2.17. The number of halogens is 1. The molecular formula is C23H28FNO2. The third-order valence-electron chi connectivity index (χ3n) is 4.22. The van der Waals surface area contributed by atoms with Crippen molar-refractivity contribution in [2.75, 3.05) is 0 Å². The van der Waals surface area contributed by atoms with E-state index in [2.05, 4.69) is 26.8 Å². The van der Waals surface area contributed by atoms with Crippen molar-refractivity contribution in [3.63, 3.8) is 0 Å². The first-order valence-electron chi connectivity index (χ1n) is 9.33. The molecule has 0 N–H and O–H groups in total. The molecule has 0 aliphatic rings. The monoisotopic (exact) mass is 369 g/mol. The highest BCUT2D eigenvalue weighted by molar-refractivity contribution is 5.84. The lowest BCUT2D eigenvalue weighted by Crippen LogP contribution is -2.05. The summed E-state index contributed by atoms with van der Waals surface area (Å²) in [7, 11) is 0. The zero-order valence-corrected chi connectivity index (χ0v) is 16.5. The van der Waals surface area contributed by atoms with Gasteiger partial charge in [0, 0.05) is 12.1 Å². The van der Waals surface area contributed by atoms with Gasteiger partial charge in [-0.2, -0.15) is 5.26 Å². The van der Waals surface area contributed by atoms with Crippen LogP contribution in [0.2, 0.25) is 0 Å². The average Bonchev–Trinajstić information content (AvgIpc) is 2.62. The van der Waals surface area contributed by atoms with Gasteiger partial charge < -0.3 is 4.74 Å². The zero-order chi connectivity index (χ0) is 20.2. The number of esters is 1. The van der Waals surface area contributed by atoms with E-state index in [1.54, 1.807) is 12.1 Å². The summed E-state index contributed by atoms with van der Waals surface area (Å²) in [6, 6.07) is 5.44. The molecule has 0 radical (unpaired) electrons. The molecular weight excluding hydrogens is 341 g/mol. The van der Waals surface area contributed by atoms with Gasteiger partial charge in [0.05, 0.1) is 5.56 Å². The number of hydrogen-bond acceptors (Lipinski definition) is 3. The molecule has 1 rings (SSSR count). The Kier molecular flexibility index (Phi) is 9.82. The third kappa shape index (κ3) is 8.04. The first-order chi connectivity index (χ1) is 12.9. The van der Waals surface area contributed by atoms with Crippen molar-refractivity contribution >= 4 is 5.97 Å². The third-order valence-corrected chi connectivity index (χ3v) is 4.22. The first-order valence-corrected chi connectivity index (χ1v) is 9.33. The lowest BCUT2D eigenvalue weighted by atomic mass is 9.88. The van der Waals surface area contributed by atoms with Gasteiger partial charge in [-0.15, -0.1) is 0 Å². The van der Waals surface area contributed by atoms with Crippen LogP contribution in [-0.4, -0.2) is 5.97 Å². The Bertz CT molecular complexity index is 754. The highest BCUT2D eigenvalue weighted by Crippen LogP contribution is 2.24. The Balaban J connectivity index is 2.79. The summed E-state index contributed by atoms with van der Waals surface area (Å²) >= 11 is 0. The van der Waals surface area contributed by atoms with Gasteiger partial charge in [-0.25, -0.2) is 9.18 Å². The molecule has 3 nitrogen and oxygen atoms in total. The number of hydrogen-bond donors (Lipinski definition) is 0. The van der Waals surface area contributed by atoms with Crippen LogP contribution >= 0.6 is 0 Å². The highest BCUT2D eigenvalue weighted by Gasteiger charge is 2.11. The molecule has 0 bridgehead atoms. The molecule has 4 heteroatoms. The second kappa shape index (κ2) is 11.9. The van der Waals surface area contributed by atoms with Gasteiger partial charge in [0.25, 0.3) is 0 Å². The predicted octanol–water partition coefficient (Wildman–Crippen LogP) is 6.12. The minimum atomic E-state index is -0.710. The van der Waals surface area contributed by atoms with Crippen LogP contribution in [-0.2, 0) is 4.79 Å². The maximum atomic E-state index is 13.6. The fraction of sp³-hybridized carbons (Fsp3) is 0.391. The van der Waals surface area contributed by atoms with E-state index in [4.69, 9.17) is 10.00 Å². The van der Waals surface area contributed by atoms with Crippen molar-refractivity contribution in [3.05, 3.63) is 65.5 Å². The van der Waals surface area contributed by atoms with Crippen LogP contribution < -0.4 is 4.74 Å². The van der Waals surface area contributed by atoms with E-state index >= 15 is 0 Å². The molecule has 0 aromatic heterocycles. The van der Waals surface area contributed by atoms with Gasteiger partial charge in [-0.05, 0) is 49.3 Å². The molecule has 1 unspecified atom stereocenters. The number of rotatable bonds is 9. The van der Waals surface area contributed by atoms with Crippen molar-refractivity contribution in [3.8, 4) is 11.8 Å². The van der Waals surface area contributed by atoms with Gasteiger partial charge in [0.2, 0.25) is 0 Å². The fourth-order valence-electron chi connectivity index (χ4n) is 2.70. The highest BCUT2D eigenvalue weighted by atomic mass is 19.1. The van der Waals surface area contributed by atoms with Crippen LogP contribution in [0.1, 0.15) is 52.5 Å². The summed E-state index contributed by atoms with van der Waals surface area (Å²) in [5.41, 5.74) is 1.09. The quantitative estimate of drug-likeness (QED) is 0.228. The first kappa shape index (κ1) is 22.4. The van der Waals surface area contributed by atoms with Gasteiger partial charge in [-0.3, -0.25) is 0 Å². The Morgan fingerprint density at radius 3 is 2.59 bits per heavy atom. The Hall–Kier alpha value is -2.67. The standard InChI is InChI=1S/C23H28FNO2/c1-5-8-19(18(6-2)12-11-17(3)4)9-7-10-23(26)27-21-14-13-20(16-25)22(24)15-21/h5,7-10,13-15,17-18H,6,11-12H2,1-4H3/b8-5-,10-7+,19-9+. The predicted molar refractivity (Wildman–Crippen MR) is 107 cm³/mol. The van der Waals surface area contributed by atoms with Gasteiger partial charge in [-0.1, -0.05) is 51.5 Å². The summed E-state index contributed by atoms with van der Waals surface area (Å²) in [6.07, 6.45) is 12.3. The minimum absolute atomic E-state index is 0.0715. The number of carbonyl (C=O) groups is 1. The molecule has 0 heterocycles. The van der Waals surface area contributed by atoms with Gasteiger partial charge in [0.1, 0.15) is 17.6 Å². The normalized spacial score (nSPS) is 13.3. The van der Waals surface area contributed by atoms with E-state index in [1.807, 2.05) is 19.1 Å². The minimum Gasteiger partial charge on any atom is -0.423 e. The number of ether oxygens (including phenoxy) is 1. The molecule has 0 aliphatic carbocycles. The summed E-state index contributed by atoms with van der Waals surface area (Å²) in [6.45, 7) is 8.57. The molecule has 0 fully saturated rings. The molecule has 1 aromatic carbocycles. The number of allylic oxidation sites excluding steroid dienone is 5. The average molecular weight is 369 g/mol. The van der Waals surface area contributed by atoms with Crippen LogP contribution in [0.25, 0.3) is 0 Å². The zero-order valence-electron chi connectivity index (χ0n) is 16.5. The summed E-state index contributed by atoms with van der Waals surface area (Å²) in [5, 5.41) is 8.72. The fourth-order valence-corrected chi connectivity index (χ4v) is 2.70. The second-order valence-corrected chi connectivity index (χ2v) is 6.78. The Labute approximate surface area is 161 Å². The van der Waals surface area contributed by atoms with E-state index in [1.165, 1.54) is 23.8 Å². The van der Waals surface area contributed by atoms with E-state index in [-0.39, 0.29) is 11.3 Å². The smallest absolute Gasteiger partial charge is 0.336 e. The number of nitrogens with zero attached hydrogens (tertiary/aromatic N) is 1. The molecule has 0 amide bonds. The van der Waals surface area contributed by atoms with E-state index < -0.39 is 11.8 Å². The molecule has 0 spiro atoms. The summed E-state index contributed by atoms with van der Waals surface area (Å²) < 4.78 is 18.6. The molecule has 1 aromatic rings. The summed E-state index contributed by atoms with van der Waals surface area (Å²) in [5.74, 6) is -0.133. The van der Waals surface area contributed by atoms with Crippen LogP contribution in [0.5, 0.6) is 5.75 Å². The maximum absolute atomic E-state index is 13.6. The van der Waals surface area contributed by atoms with Crippen LogP contribution in [0.3, 0.4) is 0 Å². The number of carbonyl (C=O) groups excluding carboxylic acids is 1. The SMILES string of the molecule is C\C=C/C(=C\C=C\C(=O)Oc1ccc(C#N)c(F)c1)C(CC)CCC(C)C. The molecule has 27 heavy (non-hydrogen) atoms. The van der Waals surface area contributed by atoms with E-state index in [0.717, 1.165) is 25.3 Å². The van der Waals surface area contributed by atoms with Crippen LogP contribution in [0.4, 0.5) is 4.39 Å². The van der Waals surface area contributed by atoms with Gasteiger partial charge >= 0.3 is 5.97 Å². The lowest BCUT2D eigenvalue weighted by molar-refractivity contribution is -0.129. The molecule has 0 saturated heterocycles. The van der Waals surface area contributed by atoms with Crippen LogP contribution in [0, 0.1) is 29.0 Å². The second-order valence-electron chi connectivity index (χ2n) is 6.78. The van der Waals surface area contributed by atoms with Gasteiger partial charge in [0.15, 0.2) is 0 Å². The van der Waals surface area contributed by atoms with Crippen molar-refractivity contribution in [1.82, 2.24) is 0 Å². The van der Waals surface area contributed by atoms with Crippen LogP contribution in [0.15, 0.2) is 54.2 Å². The maximum Gasteiger partial charge on any atom is 0.336 e. The Morgan fingerprint density at radius 1 is 1.30 bits per heavy atom. The summed E-state index contributed by atoms with van der Waals surface area (Å²) in [4.78, 5) is 11.9.